The number of imidazole rings is 1. The third-order valence-electron chi connectivity index (χ3n) is 10.7. The van der Waals surface area contributed by atoms with Gasteiger partial charge in [0.25, 0.3) is 0 Å². The molecular formula is C45H71N5. The Morgan fingerprint density at radius 2 is 1.14 bits per heavy atom. The molecule has 2 aromatic carbocycles. The largest absolute Gasteiger partial charge is 0.382 e. The molecule has 5 heteroatoms. The fraction of sp³-hybridized carbons (Fsp3) is 0.644. The van der Waals surface area contributed by atoms with Crippen LogP contribution in [0.5, 0.6) is 0 Å². The number of aryl methyl sites for hydroxylation is 1. The van der Waals surface area contributed by atoms with Crippen molar-refractivity contribution in [3.63, 3.8) is 0 Å². The zero-order chi connectivity index (χ0) is 35.6. The first-order chi connectivity index (χ1) is 24.3. The summed E-state index contributed by atoms with van der Waals surface area (Å²) in [6.07, 6.45) is 27.3. The van der Waals surface area contributed by atoms with Crippen molar-refractivity contribution in [2.24, 2.45) is 0 Å². The Balaban J connectivity index is 1.20. The number of nitrogens with two attached hydrogens (primary N) is 1. The number of aromatic nitrogens is 3. The number of hydrogen-bond donors (Lipinski definition) is 1. The van der Waals surface area contributed by atoms with Gasteiger partial charge in [0.15, 0.2) is 5.82 Å². The fourth-order valence-electron chi connectivity index (χ4n) is 7.43. The molecule has 0 aliphatic rings. The quantitative estimate of drug-likeness (QED) is 0.0707. The van der Waals surface area contributed by atoms with E-state index in [1.165, 1.54) is 120 Å². The number of hydrogen-bond acceptors (Lipinski definition) is 4. The van der Waals surface area contributed by atoms with Crippen LogP contribution in [0.3, 0.4) is 0 Å². The van der Waals surface area contributed by atoms with Crippen LogP contribution in [-0.2, 0) is 19.5 Å². The highest BCUT2D eigenvalue weighted by Gasteiger charge is 2.21. The maximum Gasteiger partial charge on any atom is 0.152 e. The predicted molar refractivity (Wildman–Crippen MR) is 218 cm³/mol. The molecule has 0 aliphatic carbocycles. The fourth-order valence-corrected chi connectivity index (χ4v) is 7.43. The molecule has 0 atom stereocenters. The summed E-state index contributed by atoms with van der Waals surface area (Å²) >= 11 is 0. The Morgan fingerprint density at radius 3 is 1.70 bits per heavy atom. The smallest absolute Gasteiger partial charge is 0.152 e. The van der Waals surface area contributed by atoms with Crippen molar-refractivity contribution in [2.75, 3.05) is 12.3 Å². The Morgan fingerprint density at radius 1 is 0.620 bits per heavy atom. The summed E-state index contributed by atoms with van der Waals surface area (Å²) in [6.45, 7) is 14.6. The van der Waals surface area contributed by atoms with Gasteiger partial charge in [0.1, 0.15) is 11.3 Å². The lowest BCUT2D eigenvalue weighted by atomic mass is 10.0. The van der Waals surface area contributed by atoms with Crippen molar-refractivity contribution < 1.29 is 0 Å². The Labute approximate surface area is 305 Å². The average molecular weight is 682 g/mol. The van der Waals surface area contributed by atoms with Crippen LogP contribution in [-0.4, -0.2) is 31.5 Å². The van der Waals surface area contributed by atoms with Gasteiger partial charge in [-0.1, -0.05) is 165 Å². The summed E-state index contributed by atoms with van der Waals surface area (Å²) in [7, 11) is 0. The highest BCUT2D eigenvalue weighted by molar-refractivity contribution is 6.06. The zero-order valence-corrected chi connectivity index (χ0v) is 32.7. The molecule has 0 unspecified atom stereocenters. The van der Waals surface area contributed by atoms with Crippen LogP contribution in [0.1, 0.15) is 174 Å². The van der Waals surface area contributed by atoms with Gasteiger partial charge in [0, 0.05) is 30.4 Å². The van der Waals surface area contributed by atoms with E-state index in [1.807, 2.05) is 12.1 Å². The maximum absolute atomic E-state index is 6.44. The van der Waals surface area contributed by atoms with E-state index in [2.05, 4.69) is 85.5 Å². The summed E-state index contributed by atoms with van der Waals surface area (Å²) in [5, 5.41) is 1.12. The second-order valence-electron chi connectivity index (χ2n) is 16.0. The standard InChI is InChI=1S/C45H71N5/c1-6-8-10-11-12-13-14-15-16-17-18-19-20-21-22-23-26-34-49(45(3,4)5)35-37-30-32-38(33-31-37)36-50-41(29-9-7-2)48-42-43(50)39-27-24-25-28-40(39)47-44(42)46/h24-25,27-28,30-33H,6-23,26,29,34-36H2,1-5H3,(H2,46,47). The third kappa shape index (κ3) is 12.7. The number of unbranched alkanes of at least 4 members (excludes halogenated alkanes) is 17. The van der Waals surface area contributed by atoms with Gasteiger partial charge < -0.3 is 10.3 Å². The lowest BCUT2D eigenvalue weighted by molar-refractivity contribution is 0.124. The monoisotopic (exact) mass is 682 g/mol. The summed E-state index contributed by atoms with van der Waals surface area (Å²) in [5.74, 6) is 1.62. The zero-order valence-electron chi connectivity index (χ0n) is 32.7. The normalized spacial score (nSPS) is 12.2. The van der Waals surface area contributed by atoms with Crippen LogP contribution in [0, 0.1) is 0 Å². The van der Waals surface area contributed by atoms with Crippen LogP contribution in [0.15, 0.2) is 48.5 Å². The van der Waals surface area contributed by atoms with Crippen molar-refractivity contribution in [1.29, 1.82) is 0 Å². The second kappa shape index (κ2) is 21.4. The van der Waals surface area contributed by atoms with Crippen molar-refractivity contribution >= 4 is 27.8 Å². The summed E-state index contributed by atoms with van der Waals surface area (Å²) in [5.41, 5.74) is 12.1. The number of para-hydroxylation sites is 1. The first-order valence-corrected chi connectivity index (χ1v) is 20.7. The van der Waals surface area contributed by atoms with Gasteiger partial charge in [-0.05, 0) is 57.4 Å². The molecule has 0 saturated heterocycles. The molecule has 2 aromatic heterocycles. The molecule has 2 heterocycles. The van der Waals surface area contributed by atoms with Gasteiger partial charge in [-0.15, -0.1) is 0 Å². The van der Waals surface area contributed by atoms with Crippen LogP contribution < -0.4 is 5.73 Å². The first-order valence-electron chi connectivity index (χ1n) is 20.7. The number of benzene rings is 2. The minimum atomic E-state index is 0.145. The van der Waals surface area contributed by atoms with Gasteiger partial charge >= 0.3 is 0 Å². The summed E-state index contributed by atoms with van der Waals surface area (Å²) in [6, 6.07) is 17.6. The molecule has 0 fully saturated rings. The lowest BCUT2D eigenvalue weighted by Gasteiger charge is -2.36. The van der Waals surface area contributed by atoms with E-state index in [9.17, 15) is 0 Å². The van der Waals surface area contributed by atoms with E-state index < -0.39 is 0 Å². The van der Waals surface area contributed by atoms with E-state index >= 15 is 0 Å². The van der Waals surface area contributed by atoms with Crippen LogP contribution in [0.4, 0.5) is 5.82 Å². The molecule has 0 bridgehead atoms. The molecule has 5 nitrogen and oxygen atoms in total. The number of fused-ring (bicyclic) bond motifs is 3. The van der Waals surface area contributed by atoms with E-state index in [4.69, 9.17) is 10.7 Å². The average Bonchev–Trinajstić information content (AvgIpc) is 3.47. The number of nitrogens with zero attached hydrogens (tertiary/aromatic N) is 4. The third-order valence-corrected chi connectivity index (χ3v) is 10.7. The van der Waals surface area contributed by atoms with E-state index in [0.717, 1.165) is 66.7 Å². The molecule has 0 radical (unpaired) electrons. The van der Waals surface area contributed by atoms with Gasteiger partial charge in [0.05, 0.1) is 11.0 Å². The van der Waals surface area contributed by atoms with Crippen molar-refractivity contribution in [3.05, 3.63) is 65.5 Å². The van der Waals surface area contributed by atoms with Gasteiger partial charge in [0.2, 0.25) is 0 Å². The molecule has 0 spiro atoms. The number of rotatable bonds is 25. The number of nitrogen functional groups attached to an aromatic ring is 1. The van der Waals surface area contributed by atoms with Crippen molar-refractivity contribution in [1.82, 2.24) is 19.4 Å². The molecule has 0 amide bonds. The highest BCUT2D eigenvalue weighted by atomic mass is 15.2. The van der Waals surface area contributed by atoms with Gasteiger partial charge in [-0.25, -0.2) is 9.97 Å². The molecular weight excluding hydrogens is 611 g/mol. The molecule has 276 valence electrons. The topological polar surface area (TPSA) is 60.0 Å². The van der Waals surface area contributed by atoms with Crippen LogP contribution in [0.25, 0.3) is 21.9 Å². The van der Waals surface area contributed by atoms with E-state index in [-0.39, 0.29) is 5.54 Å². The van der Waals surface area contributed by atoms with E-state index in [0.29, 0.717) is 5.82 Å². The summed E-state index contributed by atoms with van der Waals surface area (Å²) < 4.78 is 2.39. The van der Waals surface area contributed by atoms with Gasteiger partial charge in [-0.3, -0.25) is 4.90 Å². The first kappa shape index (κ1) is 39.9. The second-order valence-corrected chi connectivity index (χ2v) is 16.0. The Kier molecular flexibility index (Phi) is 17.1. The SMILES string of the molecule is CCCCCCCCCCCCCCCCCCCN(Cc1ccc(Cn2c(CCCC)nc3c(N)nc4ccccc4c32)cc1)C(C)(C)C. The van der Waals surface area contributed by atoms with E-state index in [1.54, 1.807) is 0 Å². The van der Waals surface area contributed by atoms with Gasteiger partial charge in [-0.2, -0.15) is 0 Å². The Bertz CT molecular complexity index is 1510. The molecule has 50 heavy (non-hydrogen) atoms. The Hall–Kier alpha value is -2.92. The maximum atomic E-state index is 6.44. The molecule has 0 saturated carbocycles. The molecule has 4 rings (SSSR count). The lowest BCUT2D eigenvalue weighted by Crippen LogP contribution is -2.41. The number of anilines is 1. The van der Waals surface area contributed by atoms with Crippen LogP contribution >= 0.6 is 0 Å². The predicted octanol–water partition coefficient (Wildman–Crippen LogP) is 12.8. The minimum Gasteiger partial charge on any atom is -0.382 e. The minimum absolute atomic E-state index is 0.145. The molecule has 4 aromatic rings. The highest BCUT2D eigenvalue weighted by Crippen LogP contribution is 2.30. The molecule has 2 N–H and O–H groups in total. The van der Waals surface area contributed by atoms with Crippen molar-refractivity contribution in [2.45, 2.75) is 182 Å². The van der Waals surface area contributed by atoms with Crippen LogP contribution in [0.2, 0.25) is 0 Å². The van der Waals surface area contributed by atoms with Crippen molar-refractivity contribution in [3.8, 4) is 0 Å². The summed E-state index contributed by atoms with van der Waals surface area (Å²) in [4.78, 5) is 12.4. The molecule has 0 aliphatic heterocycles. The number of pyridine rings is 1.